The molecule has 1 fully saturated rings. The van der Waals surface area contributed by atoms with E-state index in [-0.39, 0.29) is 0 Å². The van der Waals surface area contributed by atoms with E-state index in [2.05, 4.69) is 26.9 Å². The predicted molar refractivity (Wildman–Crippen MR) is 46.6 cm³/mol. The van der Waals surface area contributed by atoms with Crippen molar-refractivity contribution in [3.8, 4) is 0 Å². The Morgan fingerprint density at radius 1 is 1.30 bits per heavy atom. The molecule has 0 aliphatic carbocycles. The van der Waals surface area contributed by atoms with Crippen LogP contribution in [0, 0.1) is 5.41 Å². The van der Waals surface area contributed by atoms with Gasteiger partial charge in [-0.1, -0.05) is 13.8 Å². The van der Waals surface area contributed by atoms with Crippen LogP contribution in [0.3, 0.4) is 0 Å². The zero-order chi connectivity index (χ0) is 7.83. The average Bonchev–Trinajstić information content (AvgIpc) is 1.79. The summed E-state index contributed by atoms with van der Waals surface area (Å²) in [4.78, 5) is 0. The van der Waals surface area contributed by atoms with E-state index < -0.39 is 8.32 Å². The Bertz CT molecular complexity index is 101. The molecule has 1 heterocycles. The van der Waals surface area contributed by atoms with Crippen LogP contribution in [0.5, 0.6) is 0 Å². The van der Waals surface area contributed by atoms with Crippen LogP contribution >= 0.6 is 0 Å². The third kappa shape index (κ3) is 2.10. The average molecular weight is 158 g/mol. The zero-order valence-corrected chi connectivity index (χ0v) is 8.53. The van der Waals surface area contributed by atoms with Gasteiger partial charge in [0.1, 0.15) is 0 Å². The molecular formula is C8H18OSi. The van der Waals surface area contributed by atoms with Gasteiger partial charge in [-0.05, 0) is 31.0 Å². The monoisotopic (exact) mass is 158 g/mol. The van der Waals surface area contributed by atoms with Crippen molar-refractivity contribution in [1.29, 1.82) is 0 Å². The van der Waals surface area contributed by atoms with Gasteiger partial charge < -0.3 is 4.43 Å². The van der Waals surface area contributed by atoms with Gasteiger partial charge in [0, 0.05) is 6.61 Å². The minimum absolute atomic E-state index is 0.447. The summed E-state index contributed by atoms with van der Waals surface area (Å²) in [5.41, 5.74) is 0.447. The lowest BCUT2D eigenvalue weighted by atomic mass is 9.92. The molecule has 60 valence electrons. The van der Waals surface area contributed by atoms with Gasteiger partial charge in [0.15, 0.2) is 8.32 Å². The van der Waals surface area contributed by atoms with Gasteiger partial charge in [-0.15, -0.1) is 0 Å². The van der Waals surface area contributed by atoms with Crippen molar-refractivity contribution >= 4 is 8.32 Å². The van der Waals surface area contributed by atoms with E-state index in [9.17, 15) is 0 Å². The largest absolute Gasteiger partial charge is 0.417 e. The molecule has 0 bridgehead atoms. The maximum atomic E-state index is 5.82. The van der Waals surface area contributed by atoms with Crippen molar-refractivity contribution in [2.24, 2.45) is 5.41 Å². The summed E-state index contributed by atoms with van der Waals surface area (Å²) < 4.78 is 5.82. The highest BCUT2D eigenvalue weighted by atomic mass is 28.4. The molecule has 0 spiro atoms. The molecule has 10 heavy (non-hydrogen) atoms. The summed E-state index contributed by atoms with van der Waals surface area (Å²) >= 11 is 0. The molecule has 2 heteroatoms. The second kappa shape index (κ2) is 2.34. The molecule has 0 aromatic rings. The second-order valence-corrected chi connectivity index (χ2v) is 9.02. The van der Waals surface area contributed by atoms with Crippen molar-refractivity contribution in [3.05, 3.63) is 0 Å². The molecule has 0 amide bonds. The standard InChI is InChI=1S/C8H18OSi/c1-8(2)5-6-10(3,4)9-7-8/h5-7H2,1-4H3. The Kier molecular flexibility index (Phi) is 1.94. The van der Waals surface area contributed by atoms with E-state index in [0.717, 1.165) is 6.61 Å². The van der Waals surface area contributed by atoms with Crippen LogP contribution < -0.4 is 0 Å². The van der Waals surface area contributed by atoms with E-state index in [1.807, 2.05) is 0 Å². The van der Waals surface area contributed by atoms with E-state index in [1.165, 1.54) is 12.5 Å². The van der Waals surface area contributed by atoms with Gasteiger partial charge in [-0.3, -0.25) is 0 Å². The maximum Gasteiger partial charge on any atom is 0.186 e. The SMILES string of the molecule is CC1(C)CC[Si](C)(C)OC1. The summed E-state index contributed by atoms with van der Waals surface area (Å²) in [6.45, 7) is 10.2. The Balaban J connectivity index is 2.46. The van der Waals surface area contributed by atoms with E-state index in [0.29, 0.717) is 5.41 Å². The lowest BCUT2D eigenvalue weighted by molar-refractivity contribution is 0.140. The first kappa shape index (κ1) is 8.28. The first-order valence-electron chi connectivity index (χ1n) is 4.05. The summed E-state index contributed by atoms with van der Waals surface area (Å²) in [5, 5.41) is 0. The highest BCUT2D eigenvalue weighted by molar-refractivity contribution is 6.71. The molecule has 0 saturated carbocycles. The van der Waals surface area contributed by atoms with E-state index in [1.54, 1.807) is 0 Å². The zero-order valence-electron chi connectivity index (χ0n) is 7.53. The van der Waals surface area contributed by atoms with Gasteiger partial charge in [-0.2, -0.15) is 0 Å². The van der Waals surface area contributed by atoms with Crippen LogP contribution in [-0.4, -0.2) is 14.9 Å². The first-order valence-corrected chi connectivity index (χ1v) is 7.17. The molecule has 0 aromatic carbocycles. The lowest BCUT2D eigenvalue weighted by Gasteiger charge is -2.38. The first-order chi connectivity index (χ1) is 4.41. The molecule has 0 aromatic heterocycles. The van der Waals surface area contributed by atoms with Gasteiger partial charge in [-0.25, -0.2) is 0 Å². The fourth-order valence-corrected chi connectivity index (χ4v) is 3.38. The van der Waals surface area contributed by atoms with Gasteiger partial charge in [0.25, 0.3) is 0 Å². The fourth-order valence-electron chi connectivity index (χ4n) is 1.17. The van der Waals surface area contributed by atoms with Crippen molar-refractivity contribution in [2.75, 3.05) is 6.61 Å². The molecule has 1 nitrogen and oxygen atoms in total. The van der Waals surface area contributed by atoms with E-state index >= 15 is 0 Å². The van der Waals surface area contributed by atoms with Crippen molar-refractivity contribution in [1.82, 2.24) is 0 Å². The van der Waals surface area contributed by atoms with Crippen molar-refractivity contribution in [2.45, 2.75) is 39.4 Å². The van der Waals surface area contributed by atoms with Gasteiger partial charge >= 0.3 is 0 Å². The van der Waals surface area contributed by atoms with Crippen LogP contribution in [-0.2, 0) is 4.43 Å². The highest BCUT2D eigenvalue weighted by Crippen LogP contribution is 2.33. The molecule has 1 aliphatic rings. The van der Waals surface area contributed by atoms with Crippen LogP contribution in [0.15, 0.2) is 0 Å². The summed E-state index contributed by atoms with van der Waals surface area (Å²) in [6, 6.07) is 1.33. The van der Waals surface area contributed by atoms with E-state index in [4.69, 9.17) is 4.43 Å². The Morgan fingerprint density at radius 2 is 1.90 bits per heavy atom. The van der Waals surface area contributed by atoms with Crippen LogP contribution in [0.1, 0.15) is 20.3 Å². The third-order valence-corrected chi connectivity index (χ3v) is 4.64. The molecule has 0 unspecified atom stereocenters. The van der Waals surface area contributed by atoms with Crippen molar-refractivity contribution in [3.63, 3.8) is 0 Å². The maximum absolute atomic E-state index is 5.82. The number of hydrogen-bond acceptors (Lipinski definition) is 1. The molecule has 0 N–H and O–H groups in total. The van der Waals surface area contributed by atoms with Gasteiger partial charge in [0.05, 0.1) is 0 Å². The molecular weight excluding hydrogens is 140 g/mol. The highest BCUT2D eigenvalue weighted by Gasteiger charge is 2.33. The molecule has 1 aliphatic heterocycles. The second-order valence-electron chi connectivity index (χ2n) is 4.71. The molecule has 0 radical (unpaired) electrons. The minimum Gasteiger partial charge on any atom is -0.417 e. The van der Waals surface area contributed by atoms with Crippen molar-refractivity contribution < 1.29 is 4.43 Å². The van der Waals surface area contributed by atoms with Crippen LogP contribution in [0.25, 0.3) is 0 Å². The summed E-state index contributed by atoms with van der Waals surface area (Å²) in [5.74, 6) is 0. The third-order valence-electron chi connectivity index (χ3n) is 2.26. The van der Waals surface area contributed by atoms with Crippen LogP contribution in [0.4, 0.5) is 0 Å². The molecule has 1 saturated heterocycles. The molecule has 0 atom stereocenters. The number of hydrogen-bond donors (Lipinski definition) is 0. The topological polar surface area (TPSA) is 9.23 Å². The van der Waals surface area contributed by atoms with Gasteiger partial charge in [0.2, 0.25) is 0 Å². The number of rotatable bonds is 0. The minimum atomic E-state index is -1.18. The molecule has 1 rings (SSSR count). The quantitative estimate of drug-likeness (QED) is 0.492. The summed E-state index contributed by atoms with van der Waals surface area (Å²) in [6.07, 6.45) is 1.35. The normalized spacial score (nSPS) is 30.0. The Morgan fingerprint density at radius 3 is 2.20 bits per heavy atom. The lowest BCUT2D eigenvalue weighted by Crippen LogP contribution is -2.41. The smallest absolute Gasteiger partial charge is 0.186 e. The Labute approximate surface area is 64.9 Å². The summed E-state index contributed by atoms with van der Waals surface area (Å²) in [7, 11) is -1.18. The van der Waals surface area contributed by atoms with Crippen LogP contribution in [0.2, 0.25) is 19.1 Å². The Hall–Kier alpha value is 0.177. The predicted octanol–water partition coefficient (Wildman–Crippen LogP) is 2.64. The fraction of sp³-hybridized carbons (Fsp3) is 1.00.